The summed E-state index contributed by atoms with van der Waals surface area (Å²) < 4.78 is 98.2. The smallest absolute Gasteiger partial charge is 0.0777 e. The van der Waals surface area contributed by atoms with Crippen molar-refractivity contribution in [2.24, 2.45) is 0 Å². The molecule has 0 atom stereocenters. The van der Waals surface area contributed by atoms with E-state index < -0.39 is 30.7 Å². The molecule has 0 aromatic heterocycles. The Morgan fingerprint density at radius 1 is 0.438 bits per heavy atom. The number of halogens is 3. The molecule has 0 unspecified atom stereocenters. The SMILES string of the molecule is [Cr].[O-][Cl+3]([O-])([O-])O.[O-][Cl+3]([O-])([O-])O.[O-][Cl+3]([O-])([O-])O. The molecule has 0 rings (SSSR count). The summed E-state index contributed by atoms with van der Waals surface area (Å²) in [5, 5.41) is 0. The van der Waals surface area contributed by atoms with Crippen molar-refractivity contribution >= 4 is 0 Å². The topological polar surface area (TPSA) is 268 Å². The third-order valence-corrected chi connectivity index (χ3v) is 0. The van der Waals surface area contributed by atoms with Gasteiger partial charge in [0.15, 0.2) is 0 Å². The molecule has 0 aromatic carbocycles. The molecule has 16 heavy (non-hydrogen) atoms. The van der Waals surface area contributed by atoms with Gasteiger partial charge in [0.2, 0.25) is 0 Å². The van der Waals surface area contributed by atoms with Gasteiger partial charge in [0.05, 0.1) is 44.7 Å². The zero-order valence-electron chi connectivity index (χ0n) is 6.56. The minimum Gasteiger partial charge on any atom is -0.183 e. The summed E-state index contributed by atoms with van der Waals surface area (Å²) in [6.45, 7) is 0. The van der Waals surface area contributed by atoms with Crippen molar-refractivity contribution in [1.82, 2.24) is 0 Å². The molecule has 0 radical (unpaired) electrons. The molecule has 16 heteroatoms. The average Bonchev–Trinajstić information content (AvgIpc) is 1.41. The van der Waals surface area contributed by atoms with Gasteiger partial charge in [-0.25, -0.2) is 0 Å². The van der Waals surface area contributed by atoms with Crippen LogP contribution in [0.4, 0.5) is 0 Å². The van der Waals surface area contributed by atoms with Crippen LogP contribution in [0.2, 0.25) is 0 Å². The Labute approximate surface area is 104 Å². The number of hydrogen-bond acceptors (Lipinski definition) is 12. The molecule has 3 N–H and O–H groups in total. The summed E-state index contributed by atoms with van der Waals surface area (Å²) in [6.07, 6.45) is 0. The van der Waals surface area contributed by atoms with Gasteiger partial charge in [-0.1, -0.05) is 0 Å². The van der Waals surface area contributed by atoms with E-state index in [1.54, 1.807) is 0 Å². The van der Waals surface area contributed by atoms with Gasteiger partial charge in [-0.05, 0) is 0 Å². The first-order valence-corrected chi connectivity index (χ1v) is 5.69. The van der Waals surface area contributed by atoms with E-state index in [1.807, 2.05) is 0 Å². The summed E-state index contributed by atoms with van der Waals surface area (Å²) in [4.78, 5) is 0. The summed E-state index contributed by atoms with van der Waals surface area (Å²) in [5.41, 5.74) is 0. The Morgan fingerprint density at radius 2 is 0.438 bits per heavy atom. The van der Waals surface area contributed by atoms with Crippen LogP contribution in [0.3, 0.4) is 0 Å². The maximum absolute atomic E-state index is 8.60. The van der Waals surface area contributed by atoms with E-state index in [1.165, 1.54) is 0 Å². The van der Waals surface area contributed by atoms with Gasteiger partial charge in [0.1, 0.15) is 0 Å². The second-order valence-corrected chi connectivity index (χ2v) is 3.56. The molecular weight excluding hydrogens is 350 g/mol. The van der Waals surface area contributed by atoms with Gasteiger partial charge in [-0.15, -0.1) is 0 Å². The zero-order chi connectivity index (χ0) is 13.5. The van der Waals surface area contributed by atoms with Crippen molar-refractivity contribution < 1.29 is 104 Å². The van der Waals surface area contributed by atoms with Gasteiger partial charge < -0.3 is 0 Å². The van der Waals surface area contributed by atoms with Gasteiger partial charge in [-0.3, -0.25) is 0 Å². The first kappa shape index (κ1) is 25.7. The summed E-state index contributed by atoms with van der Waals surface area (Å²) in [6, 6.07) is 0. The van der Waals surface area contributed by atoms with Gasteiger partial charge in [0, 0.05) is 17.4 Å². The molecule has 0 aromatic rings. The van der Waals surface area contributed by atoms with Crippen LogP contribution in [0.15, 0.2) is 0 Å². The maximum atomic E-state index is 8.60. The third kappa shape index (κ3) is 3400. The molecule has 0 fully saturated rings. The fourth-order valence-corrected chi connectivity index (χ4v) is 0. The largest absolute Gasteiger partial charge is 0.183 e. The normalized spacial score (nSPS) is 11.2. The first-order valence-electron chi connectivity index (χ1n) is 1.90. The summed E-state index contributed by atoms with van der Waals surface area (Å²) in [5.74, 6) is 0. The van der Waals surface area contributed by atoms with E-state index in [0.29, 0.717) is 0 Å². The van der Waals surface area contributed by atoms with Crippen LogP contribution in [0.5, 0.6) is 0 Å². The van der Waals surface area contributed by atoms with Crippen molar-refractivity contribution in [3.63, 3.8) is 0 Å². The molecule has 0 saturated heterocycles. The quantitative estimate of drug-likeness (QED) is 0.366. The van der Waals surface area contributed by atoms with Crippen molar-refractivity contribution in [3.8, 4) is 0 Å². The third-order valence-electron chi connectivity index (χ3n) is 0. The van der Waals surface area contributed by atoms with Crippen molar-refractivity contribution in [2.45, 2.75) is 0 Å². The minimum atomic E-state index is -4.69. The van der Waals surface area contributed by atoms with Crippen molar-refractivity contribution in [2.75, 3.05) is 0 Å². The molecule has 0 heterocycles. The van der Waals surface area contributed by atoms with E-state index in [4.69, 9.17) is 55.9 Å². The fraction of sp³-hybridized carbons (Fsp3) is 0. The molecule has 0 aliphatic rings. The minimum absolute atomic E-state index is 0. The van der Waals surface area contributed by atoms with Crippen LogP contribution in [0, 0.1) is 30.7 Å². The zero-order valence-corrected chi connectivity index (χ0v) is 10.1. The molecule has 0 aliphatic carbocycles. The predicted octanol–water partition coefficient (Wildman–Crippen LogP) is -12.4. The molecule has 0 spiro atoms. The predicted molar refractivity (Wildman–Crippen MR) is 6.66 cm³/mol. The Morgan fingerprint density at radius 3 is 0.438 bits per heavy atom. The van der Waals surface area contributed by atoms with Gasteiger partial charge in [-0.2, -0.15) is 41.9 Å². The molecular formula is H3Cl3CrO12. The van der Waals surface area contributed by atoms with Crippen LogP contribution in [-0.4, -0.2) is 14.0 Å². The van der Waals surface area contributed by atoms with Crippen molar-refractivity contribution in [3.05, 3.63) is 0 Å². The van der Waals surface area contributed by atoms with Gasteiger partial charge in [0.25, 0.3) is 0 Å². The Hall–Kier alpha value is 0.922. The van der Waals surface area contributed by atoms with E-state index in [2.05, 4.69) is 0 Å². The van der Waals surface area contributed by atoms with Crippen LogP contribution in [0.25, 0.3) is 0 Å². The molecule has 0 amide bonds. The van der Waals surface area contributed by atoms with E-state index in [0.717, 1.165) is 0 Å². The monoisotopic (exact) mass is 352 g/mol. The van der Waals surface area contributed by atoms with E-state index >= 15 is 0 Å². The second-order valence-electron chi connectivity index (χ2n) is 1.19. The van der Waals surface area contributed by atoms with Crippen LogP contribution in [-0.2, 0) is 17.4 Å². The second kappa shape index (κ2) is 9.90. The Bertz CT molecular complexity index is 91.3. The number of rotatable bonds is 0. The molecule has 102 valence electrons. The average molecular weight is 353 g/mol. The summed E-state index contributed by atoms with van der Waals surface area (Å²) in [7, 11) is -14.1. The standard InChI is InChI=1S/3ClHO4.Cr/c3*2-1(3,4)5;/h3*(H,2,3,4,5);. The van der Waals surface area contributed by atoms with E-state index in [9.17, 15) is 0 Å². The molecule has 0 saturated carbocycles. The van der Waals surface area contributed by atoms with Crippen LogP contribution in [0.1, 0.15) is 0 Å². The van der Waals surface area contributed by atoms with Gasteiger partial charge >= 0.3 is 0 Å². The Balaban J connectivity index is -0.0000000655. The van der Waals surface area contributed by atoms with Crippen LogP contribution >= 0.6 is 0 Å². The molecule has 0 bridgehead atoms. The summed E-state index contributed by atoms with van der Waals surface area (Å²) >= 11 is 0. The van der Waals surface area contributed by atoms with E-state index in [-0.39, 0.29) is 17.4 Å². The van der Waals surface area contributed by atoms with Crippen LogP contribution < -0.4 is 41.9 Å². The molecule has 0 aliphatic heterocycles. The Kier molecular flexibility index (Phi) is 15.9. The number of hydrogen-bond donors (Lipinski definition) is 3. The maximum Gasteiger partial charge on any atom is 0.0777 e. The fourth-order valence-electron chi connectivity index (χ4n) is 0. The van der Waals surface area contributed by atoms with Crippen molar-refractivity contribution in [1.29, 1.82) is 0 Å². The first-order chi connectivity index (χ1) is 6.00. The molecule has 12 nitrogen and oxygen atoms in total.